The van der Waals surface area contributed by atoms with Gasteiger partial charge in [-0.05, 0) is 31.4 Å². The molecule has 0 spiro atoms. The van der Waals surface area contributed by atoms with Crippen LogP contribution in [0.2, 0.25) is 0 Å². The standard InChI is InChI=1S/C11H12O2.C3H9NO/c1-8(2)7-9-5-3-4-6-10(9)11(12)13;1-2-3-4-5/h3-6H,1,7H2,2H3,(H,12,13);4-5H,2-3H2,1H3. The van der Waals surface area contributed by atoms with E-state index in [-0.39, 0.29) is 0 Å². The number of hydrogen-bond acceptors (Lipinski definition) is 3. The molecule has 0 unspecified atom stereocenters. The van der Waals surface area contributed by atoms with Gasteiger partial charge in [0.2, 0.25) is 0 Å². The fraction of sp³-hybridized carbons (Fsp3) is 0.357. The van der Waals surface area contributed by atoms with Crippen molar-refractivity contribution in [3.63, 3.8) is 0 Å². The van der Waals surface area contributed by atoms with Gasteiger partial charge in [0.15, 0.2) is 0 Å². The van der Waals surface area contributed by atoms with E-state index in [4.69, 9.17) is 10.3 Å². The predicted octanol–water partition coefficient (Wildman–Crippen LogP) is 2.88. The zero-order chi connectivity index (χ0) is 14.0. The second kappa shape index (κ2) is 9.39. The normalized spacial score (nSPS) is 9.28. The monoisotopic (exact) mass is 251 g/mol. The predicted molar refractivity (Wildman–Crippen MR) is 72.0 cm³/mol. The Morgan fingerprint density at radius 1 is 1.39 bits per heavy atom. The summed E-state index contributed by atoms with van der Waals surface area (Å²) in [5, 5.41) is 16.7. The van der Waals surface area contributed by atoms with Crippen LogP contribution in [-0.2, 0) is 6.42 Å². The molecule has 0 aromatic heterocycles. The van der Waals surface area contributed by atoms with E-state index in [0.717, 1.165) is 17.6 Å². The number of nitrogens with one attached hydrogen (secondary N) is 1. The maximum absolute atomic E-state index is 10.8. The van der Waals surface area contributed by atoms with E-state index in [1.165, 1.54) is 0 Å². The highest BCUT2D eigenvalue weighted by Crippen LogP contribution is 2.12. The molecule has 0 atom stereocenters. The van der Waals surface area contributed by atoms with Crippen molar-refractivity contribution >= 4 is 5.97 Å². The van der Waals surface area contributed by atoms with Crippen LogP contribution in [0.1, 0.15) is 36.2 Å². The van der Waals surface area contributed by atoms with Crippen molar-refractivity contribution < 1.29 is 15.1 Å². The van der Waals surface area contributed by atoms with E-state index in [1.807, 2.05) is 31.5 Å². The van der Waals surface area contributed by atoms with Gasteiger partial charge in [-0.2, -0.15) is 0 Å². The van der Waals surface area contributed by atoms with Crippen LogP contribution in [-0.4, -0.2) is 22.8 Å². The molecule has 0 aliphatic rings. The Labute approximate surface area is 108 Å². The first-order valence-corrected chi connectivity index (χ1v) is 5.85. The molecule has 0 aliphatic heterocycles. The highest BCUT2D eigenvalue weighted by Gasteiger charge is 2.07. The lowest BCUT2D eigenvalue weighted by Crippen LogP contribution is -2.06. The number of carbonyl (C=O) groups is 1. The summed E-state index contributed by atoms with van der Waals surface area (Å²) in [4.78, 5) is 10.8. The number of carboxylic acid groups (broad SMARTS) is 1. The van der Waals surface area contributed by atoms with E-state index < -0.39 is 5.97 Å². The fourth-order valence-electron chi connectivity index (χ4n) is 1.32. The van der Waals surface area contributed by atoms with Crippen LogP contribution < -0.4 is 5.48 Å². The van der Waals surface area contributed by atoms with E-state index in [9.17, 15) is 4.79 Å². The van der Waals surface area contributed by atoms with Crippen LogP contribution in [0.3, 0.4) is 0 Å². The van der Waals surface area contributed by atoms with Crippen molar-refractivity contribution in [2.45, 2.75) is 26.7 Å². The Balaban J connectivity index is 0.000000494. The quantitative estimate of drug-likeness (QED) is 0.556. The SMILES string of the molecule is C=C(C)Cc1ccccc1C(=O)O.CCCNO. The average Bonchev–Trinajstić information content (AvgIpc) is 2.30. The van der Waals surface area contributed by atoms with Gasteiger partial charge in [0, 0.05) is 6.54 Å². The van der Waals surface area contributed by atoms with Crippen LogP contribution in [0.4, 0.5) is 0 Å². The van der Waals surface area contributed by atoms with Crippen LogP contribution in [0.5, 0.6) is 0 Å². The Hall–Kier alpha value is -1.65. The largest absolute Gasteiger partial charge is 0.478 e. The zero-order valence-electron chi connectivity index (χ0n) is 10.9. The second-order valence-electron chi connectivity index (χ2n) is 4.00. The summed E-state index contributed by atoms with van der Waals surface area (Å²) in [6.45, 7) is 8.33. The summed E-state index contributed by atoms with van der Waals surface area (Å²) in [7, 11) is 0. The van der Waals surface area contributed by atoms with Crippen molar-refractivity contribution in [3.8, 4) is 0 Å². The number of hydroxylamine groups is 1. The van der Waals surface area contributed by atoms with Crippen LogP contribution in [0, 0.1) is 0 Å². The van der Waals surface area contributed by atoms with E-state index in [0.29, 0.717) is 18.5 Å². The Morgan fingerprint density at radius 2 is 2.00 bits per heavy atom. The van der Waals surface area contributed by atoms with Crippen molar-refractivity contribution in [1.82, 2.24) is 5.48 Å². The number of benzene rings is 1. The maximum Gasteiger partial charge on any atom is 0.335 e. The molecule has 0 saturated carbocycles. The Morgan fingerprint density at radius 3 is 2.39 bits per heavy atom. The van der Waals surface area contributed by atoms with Gasteiger partial charge in [0.05, 0.1) is 5.56 Å². The first-order valence-electron chi connectivity index (χ1n) is 5.85. The molecule has 100 valence electrons. The third kappa shape index (κ3) is 6.83. The molecule has 4 nitrogen and oxygen atoms in total. The molecule has 0 aliphatic carbocycles. The minimum absolute atomic E-state index is 0.366. The molecule has 0 bridgehead atoms. The molecule has 0 amide bonds. The average molecular weight is 251 g/mol. The van der Waals surface area contributed by atoms with Crippen LogP contribution in [0.15, 0.2) is 36.4 Å². The van der Waals surface area contributed by atoms with Gasteiger partial charge < -0.3 is 10.3 Å². The summed E-state index contributed by atoms with van der Waals surface area (Å²) >= 11 is 0. The van der Waals surface area contributed by atoms with E-state index >= 15 is 0 Å². The second-order valence-corrected chi connectivity index (χ2v) is 4.00. The number of allylic oxidation sites excluding steroid dienone is 1. The van der Waals surface area contributed by atoms with Crippen molar-refractivity contribution in [1.29, 1.82) is 0 Å². The lowest BCUT2D eigenvalue weighted by atomic mass is 10.0. The summed E-state index contributed by atoms with van der Waals surface area (Å²) < 4.78 is 0. The minimum atomic E-state index is -0.878. The molecule has 3 N–H and O–H groups in total. The van der Waals surface area contributed by atoms with Gasteiger partial charge in [0.25, 0.3) is 0 Å². The topological polar surface area (TPSA) is 69.6 Å². The molecule has 4 heteroatoms. The van der Waals surface area contributed by atoms with Crippen LogP contribution >= 0.6 is 0 Å². The number of hydrogen-bond donors (Lipinski definition) is 3. The lowest BCUT2D eigenvalue weighted by molar-refractivity contribution is 0.0696. The summed E-state index contributed by atoms with van der Waals surface area (Å²) in [5.41, 5.74) is 4.17. The molecular formula is C14H21NO3. The highest BCUT2D eigenvalue weighted by molar-refractivity contribution is 5.89. The highest BCUT2D eigenvalue weighted by atomic mass is 16.5. The molecular weight excluding hydrogens is 230 g/mol. The van der Waals surface area contributed by atoms with Gasteiger partial charge in [0.1, 0.15) is 0 Å². The summed E-state index contributed by atoms with van der Waals surface area (Å²) in [5.74, 6) is -0.878. The molecule has 0 fully saturated rings. The minimum Gasteiger partial charge on any atom is -0.478 e. The summed E-state index contributed by atoms with van der Waals surface area (Å²) in [6, 6.07) is 6.99. The van der Waals surface area contributed by atoms with Crippen molar-refractivity contribution in [2.24, 2.45) is 0 Å². The number of aromatic carboxylic acids is 1. The van der Waals surface area contributed by atoms with Gasteiger partial charge in [-0.25, -0.2) is 10.3 Å². The molecule has 1 aromatic rings. The molecule has 0 saturated heterocycles. The number of carboxylic acids is 1. The van der Waals surface area contributed by atoms with Gasteiger partial charge >= 0.3 is 5.97 Å². The van der Waals surface area contributed by atoms with E-state index in [1.54, 1.807) is 12.1 Å². The maximum atomic E-state index is 10.8. The molecule has 0 heterocycles. The summed E-state index contributed by atoms with van der Waals surface area (Å²) in [6.07, 6.45) is 1.61. The molecule has 0 radical (unpaired) electrons. The molecule has 1 rings (SSSR count). The third-order valence-corrected chi connectivity index (χ3v) is 2.10. The smallest absolute Gasteiger partial charge is 0.335 e. The van der Waals surface area contributed by atoms with Crippen LogP contribution in [0.25, 0.3) is 0 Å². The van der Waals surface area contributed by atoms with Gasteiger partial charge in [-0.1, -0.05) is 37.3 Å². The van der Waals surface area contributed by atoms with E-state index in [2.05, 4.69) is 6.58 Å². The Bertz CT molecular complexity index is 386. The third-order valence-electron chi connectivity index (χ3n) is 2.10. The van der Waals surface area contributed by atoms with Gasteiger partial charge in [-0.3, -0.25) is 0 Å². The first kappa shape index (κ1) is 16.4. The Kier molecular flexibility index (Phi) is 8.53. The lowest BCUT2D eigenvalue weighted by Gasteiger charge is -2.04. The zero-order valence-corrected chi connectivity index (χ0v) is 10.9. The number of rotatable bonds is 5. The van der Waals surface area contributed by atoms with Crippen molar-refractivity contribution in [3.05, 3.63) is 47.5 Å². The first-order chi connectivity index (χ1) is 8.52. The molecule has 18 heavy (non-hydrogen) atoms. The van der Waals surface area contributed by atoms with Crippen molar-refractivity contribution in [2.75, 3.05) is 6.54 Å². The molecule has 1 aromatic carbocycles. The fourth-order valence-corrected chi connectivity index (χ4v) is 1.32. The van der Waals surface area contributed by atoms with Gasteiger partial charge in [-0.15, -0.1) is 0 Å².